The van der Waals surface area contributed by atoms with Crippen LogP contribution in [0.4, 0.5) is 0 Å². The van der Waals surface area contributed by atoms with Crippen molar-refractivity contribution in [2.75, 3.05) is 0 Å². The van der Waals surface area contributed by atoms with E-state index in [1.165, 1.54) is 12.1 Å². The molecule has 1 aromatic carbocycles. The molecular formula is C20H20Br2N2O5. The van der Waals surface area contributed by atoms with Gasteiger partial charge in [0.05, 0.1) is 0 Å². The number of hydrogen-bond acceptors (Lipinski definition) is 4. The molecule has 7 nitrogen and oxygen atoms in total. The van der Waals surface area contributed by atoms with Gasteiger partial charge < -0.3 is 20.2 Å². The van der Waals surface area contributed by atoms with Crippen molar-refractivity contribution in [2.45, 2.75) is 26.3 Å². The number of carboxylic acids is 1. The van der Waals surface area contributed by atoms with Crippen molar-refractivity contribution >= 4 is 55.7 Å². The number of benzene rings is 1. The first-order chi connectivity index (χ1) is 13.7. The minimum absolute atomic E-state index is 0.00310. The molecule has 0 aliphatic carbocycles. The average Bonchev–Trinajstić information content (AvgIpc) is 3.08. The third-order valence-electron chi connectivity index (χ3n) is 3.78. The van der Waals surface area contributed by atoms with Crippen LogP contribution in [0.25, 0.3) is 6.08 Å². The molecule has 0 fully saturated rings. The molecule has 0 bridgehead atoms. The molecule has 2 aromatic rings. The van der Waals surface area contributed by atoms with E-state index in [1.807, 2.05) is 13.8 Å². The number of rotatable bonds is 8. The van der Waals surface area contributed by atoms with Gasteiger partial charge in [-0.25, -0.2) is 4.79 Å². The van der Waals surface area contributed by atoms with E-state index in [-0.39, 0.29) is 23.8 Å². The monoisotopic (exact) mass is 526 g/mol. The van der Waals surface area contributed by atoms with E-state index < -0.39 is 23.8 Å². The van der Waals surface area contributed by atoms with Crippen molar-refractivity contribution in [3.8, 4) is 0 Å². The molecule has 154 valence electrons. The smallest absolute Gasteiger partial charge is 0.326 e. The van der Waals surface area contributed by atoms with E-state index in [2.05, 4.69) is 42.5 Å². The number of amides is 2. The Bertz CT molecular complexity index is 919. The van der Waals surface area contributed by atoms with Gasteiger partial charge >= 0.3 is 5.97 Å². The van der Waals surface area contributed by atoms with Gasteiger partial charge in [-0.15, -0.1) is 0 Å². The second-order valence-electron chi connectivity index (χ2n) is 6.66. The maximum Gasteiger partial charge on any atom is 0.326 e. The summed E-state index contributed by atoms with van der Waals surface area (Å²) in [6.07, 6.45) is 1.72. The highest BCUT2D eigenvalue weighted by Crippen LogP contribution is 2.16. The Morgan fingerprint density at radius 1 is 1.10 bits per heavy atom. The maximum atomic E-state index is 12.8. The van der Waals surface area contributed by atoms with Crippen LogP contribution in [0, 0.1) is 5.92 Å². The average molecular weight is 528 g/mol. The van der Waals surface area contributed by atoms with Gasteiger partial charge in [0.1, 0.15) is 11.7 Å². The Hall–Kier alpha value is -2.39. The first kappa shape index (κ1) is 22.9. The van der Waals surface area contributed by atoms with Gasteiger partial charge in [0.25, 0.3) is 11.8 Å². The van der Waals surface area contributed by atoms with Gasteiger partial charge in [-0.05, 0) is 64.2 Å². The molecule has 0 spiro atoms. The third-order valence-corrected chi connectivity index (χ3v) is 4.74. The number of carbonyl (C=O) groups excluding carboxylic acids is 2. The van der Waals surface area contributed by atoms with Crippen molar-refractivity contribution in [1.29, 1.82) is 0 Å². The van der Waals surface area contributed by atoms with Gasteiger partial charge in [-0.3, -0.25) is 9.59 Å². The predicted molar refractivity (Wildman–Crippen MR) is 115 cm³/mol. The SMILES string of the molecule is CC(C)CC(NC(=O)C(=Cc1ccc(Br)cc1)NC(=O)c1ccc(Br)o1)C(=O)O. The summed E-state index contributed by atoms with van der Waals surface area (Å²) in [6, 6.07) is 8.98. The fourth-order valence-corrected chi connectivity index (χ4v) is 3.00. The molecule has 0 aliphatic heterocycles. The summed E-state index contributed by atoms with van der Waals surface area (Å²) >= 11 is 6.45. The van der Waals surface area contributed by atoms with Gasteiger partial charge in [0.2, 0.25) is 0 Å². The maximum absolute atomic E-state index is 12.8. The topological polar surface area (TPSA) is 109 Å². The van der Waals surface area contributed by atoms with E-state index in [9.17, 15) is 19.5 Å². The highest BCUT2D eigenvalue weighted by Gasteiger charge is 2.24. The highest BCUT2D eigenvalue weighted by atomic mass is 79.9. The largest absolute Gasteiger partial charge is 0.480 e. The minimum Gasteiger partial charge on any atom is -0.480 e. The molecule has 29 heavy (non-hydrogen) atoms. The van der Waals surface area contributed by atoms with Crippen LogP contribution in [0.5, 0.6) is 0 Å². The van der Waals surface area contributed by atoms with Gasteiger partial charge in [-0.2, -0.15) is 0 Å². The molecule has 1 heterocycles. The van der Waals surface area contributed by atoms with Crippen LogP contribution in [-0.2, 0) is 9.59 Å². The number of halogens is 2. The highest BCUT2D eigenvalue weighted by molar-refractivity contribution is 9.10. The summed E-state index contributed by atoms with van der Waals surface area (Å²) in [5, 5.41) is 14.4. The van der Waals surface area contributed by atoms with Crippen LogP contribution in [0.3, 0.4) is 0 Å². The first-order valence-electron chi connectivity index (χ1n) is 8.73. The Balaban J connectivity index is 2.29. The normalized spacial score (nSPS) is 12.5. The molecule has 0 radical (unpaired) electrons. The zero-order chi connectivity index (χ0) is 21.6. The summed E-state index contributed by atoms with van der Waals surface area (Å²) in [7, 11) is 0. The van der Waals surface area contributed by atoms with Gasteiger partial charge in [0.15, 0.2) is 10.4 Å². The predicted octanol–water partition coefficient (Wildman–Crippen LogP) is 4.19. The van der Waals surface area contributed by atoms with Crippen molar-refractivity contribution < 1.29 is 23.9 Å². The van der Waals surface area contributed by atoms with Crippen molar-refractivity contribution in [1.82, 2.24) is 10.6 Å². The lowest BCUT2D eigenvalue weighted by Gasteiger charge is -2.18. The molecule has 9 heteroatoms. The Morgan fingerprint density at radius 2 is 1.76 bits per heavy atom. The van der Waals surface area contributed by atoms with E-state index >= 15 is 0 Å². The summed E-state index contributed by atoms with van der Waals surface area (Å²) in [5.41, 5.74) is 0.551. The second-order valence-corrected chi connectivity index (χ2v) is 8.36. The van der Waals surface area contributed by atoms with Crippen molar-refractivity contribution in [3.05, 3.63) is 62.6 Å². The quantitative estimate of drug-likeness (QED) is 0.446. The van der Waals surface area contributed by atoms with Crippen LogP contribution in [-0.4, -0.2) is 28.9 Å². The first-order valence-corrected chi connectivity index (χ1v) is 10.3. The lowest BCUT2D eigenvalue weighted by molar-refractivity contribution is -0.141. The number of nitrogens with one attached hydrogen (secondary N) is 2. The molecular weight excluding hydrogens is 508 g/mol. The molecule has 1 aromatic heterocycles. The molecule has 2 amide bonds. The van der Waals surface area contributed by atoms with Crippen LogP contribution in [0.1, 0.15) is 36.4 Å². The number of carbonyl (C=O) groups is 3. The standard InChI is InChI=1S/C20H20Br2N2O5/c1-11(2)9-15(20(27)28)24-18(25)14(10-12-3-5-13(21)6-4-12)23-19(26)16-7-8-17(22)29-16/h3-8,10-11,15H,9H2,1-2H3,(H,23,26)(H,24,25)(H,27,28). The van der Waals surface area contributed by atoms with Gasteiger partial charge in [-0.1, -0.05) is 41.9 Å². The molecule has 3 N–H and O–H groups in total. The minimum atomic E-state index is -1.14. The molecule has 1 unspecified atom stereocenters. The fourth-order valence-electron chi connectivity index (χ4n) is 2.43. The summed E-state index contributed by atoms with van der Waals surface area (Å²) in [4.78, 5) is 36.7. The van der Waals surface area contributed by atoms with Crippen molar-refractivity contribution in [2.24, 2.45) is 5.92 Å². The second kappa shape index (κ2) is 10.4. The zero-order valence-electron chi connectivity index (χ0n) is 15.7. The van der Waals surface area contributed by atoms with Crippen LogP contribution in [0.15, 0.2) is 55.7 Å². The lowest BCUT2D eigenvalue weighted by atomic mass is 10.0. The third kappa shape index (κ3) is 7.17. The Labute approximate surface area is 184 Å². The van der Waals surface area contributed by atoms with Gasteiger partial charge in [0, 0.05) is 4.47 Å². The number of hydrogen-bond donors (Lipinski definition) is 3. The number of furan rings is 1. The Morgan fingerprint density at radius 3 is 2.28 bits per heavy atom. The zero-order valence-corrected chi connectivity index (χ0v) is 18.9. The molecule has 1 atom stereocenters. The van der Waals surface area contributed by atoms with E-state index in [1.54, 1.807) is 30.3 Å². The number of aliphatic carboxylic acids is 1. The van der Waals surface area contributed by atoms with Crippen LogP contribution in [0.2, 0.25) is 0 Å². The van der Waals surface area contributed by atoms with E-state index in [0.717, 1.165) is 4.47 Å². The molecule has 0 saturated carbocycles. The van der Waals surface area contributed by atoms with Crippen LogP contribution < -0.4 is 10.6 Å². The van der Waals surface area contributed by atoms with E-state index in [0.29, 0.717) is 10.2 Å². The van der Waals surface area contributed by atoms with Crippen molar-refractivity contribution in [3.63, 3.8) is 0 Å². The Kier molecular flexibility index (Phi) is 8.21. The number of carboxylic acid groups (broad SMARTS) is 1. The summed E-state index contributed by atoms with van der Waals surface area (Å²) in [6.45, 7) is 3.72. The van der Waals surface area contributed by atoms with E-state index in [4.69, 9.17) is 4.42 Å². The molecule has 0 aliphatic rings. The molecule has 0 saturated heterocycles. The molecule has 2 rings (SSSR count). The van der Waals surface area contributed by atoms with Crippen LogP contribution >= 0.6 is 31.9 Å². The lowest BCUT2D eigenvalue weighted by Crippen LogP contribution is -2.45. The fraction of sp³-hybridized carbons (Fsp3) is 0.250. The summed E-state index contributed by atoms with van der Waals surface area (Å²) in [5.74, 6) is -2.42. The summed E-state index contributed by atoms with van der Waals surface area (Å²) < 4.78 is 6.43.